The van der Waals surface area contributed by atoms with Crippen molar-refractivity contribution >= 4 is 22.9 Å². The molecule has 1 fully saturated rings. The summed E-state index contributed by atoms with van der Waals surface area (Å²) >= 11 is 1.83. The van der Waals surface area contributed by atoms with Crippen molar-refractivity contribution in [2.75, 3.05) is 26.7 Å². The van der Waals surface area contributed by atoms with Crippen LogP contribution in [0.2, 0.25) is 0 Å². The third-order valence-electron chi connectivity index (χ3n) is 6.00. The van der Waals surface area contributed by atoms with Crippen molar-refractivity contribution in [1.82, 2.24) is 4.90 Å². The zero-order valence-electron chi connectivity index (χ0n) is 17.3. The number of hydrogen-bond acceptors (Lipinski definition) is 5. The Hall–Kier alpha value is -2.11. The van der Waals surface area contributed by atoms with Crippen LogP contribution in [0.1, 0.15) is 54.2 Å². The number of carbonyl (C=O) groups is 1. The molecule has 0 saturated carbocycles. The molecule has 1 aromatic carbocycles. The number of aryl methyl sites for hydroxylation is 1. The van der Waals surface area contributed by atoms with E-state index in [4.69, 9.17) is 9.47 Å². The van der Waals surface area contributed by atoms with Gasteiger partial charge < -0.3 is 14.4 Å². The van der Waals surface area contributed by atoms with Crippen LogP contribution < -0.4 is 4.74 Å². The minimum atomic E-state index is -0.142. The molecule has 0 bridgehead atoms. The van der Waals surface area contributed by atoms with E-state index in [0.29, 0.717) is 13.0 Å². The number of rotatable bonds is 5. The summed E-state index contributed by atoms with van der Waals surface area (Å²) in [5, 5.41) is 2.18. The third-order valence-corrected chi connectivity index (χ3v) is 6.98. The summed E-state index contributed by atoms with van der Waals surface area (Å²) in [6.45, 7) is 6.25. The molecule has 0 atom stereocenters. The van der Waals surface area contributed by atoms with Crippen molar-refractivity contribution in [1.29, 1.82) is 0 Å². The molecule has 0 aliphatic carbocycles. The van der Waals surface area contributed by atoms with Crippen LogP contribution in [0.15, 0.2) is 35.2 Å². The molecule has 4 rings (SSSR count). The van der Waals surface area contributed by atoms with E-state index < -0.39 is 0 Å². The van der Waals surface area contributed by atoms with Crippen LogP contribution in [0.25, 0.3) is 5.57 Å². The Morgan fingerprint density at radius 3 is 2.83 bits per heavy atom. The summed E-state index contributed by atoms with van der Waals surface area (Å²) in [5.41, 5.74) is 6.71. The number of hydrogen-bond donors (Lipinski definition) is 0. The highest BCUT2D eigenvalue weighted by atomic mass is 32.1. The molecule has 2 aliphatic rings. The Kier molecular flexibility index (Phi) is 6.36. The second-order valence-corrected chi connectivity index (χ2v) is 8.65. The molecule has 154 valence electrons. The van der Waals surface area contributed by atoms with Gasteiger partial charge in [0.2, 0.25) is 0 Å². The largest absolute Gasteiger partial charge is 0.488 e. The average Bonchev–Trinajstić information content (AvgIpc) is 3.16. The van der Waals surface area contributed by atoms with Gasteiger partial charge in [-0.05, 0) is 61.4 Å². The van der Waals surface area contributed by atoms with Crippen molar-refractivity contribution in [3.63, 3.8) is 0 Å². The zero-order valence-corrected chi connectivity index (χ0v) is 18.1. The first-order valence-electron chi connectivity index (χ1n) is 10.5. The summed E-state index contributed by atoms with van der Waals surface area (Å²) in [4.78, 5) is 15.3. The van der Waals surface area contributed by atoms with E-state index in [9.17, 15) is 4.79 Å². The van der Waals surface area contributed by atoms with E-state index in [1.165, 1.54) is 34.3 Å². The van der Waals surface area contributed by atoms with Gasteiger partial charge in [-0.2, -0.15) is 0 Å². The van der Waals surface area contributed by atoms with Crippen LogP contribution in [-0.4, -0.2) is 37.6 Å². The first-order valence-corrected chi connectivity index (χ1v) is 11.4. The lowest BCUT2D eigenvalue weighted by Crippen LogP contribution is -2.30. The Morgan fingerprint density at radius 1 is 1.24 bits per heavy atom. The maximum Gasteiger partial charge on any atom is 0.305 e. The van der Waals surface area contributed by atoms with E-state index in [2.05, 4.69) is 41.5 Å². The molecule has 4 nitrogen and oxygen atoms in total. The molecular formula is C24H29NO3S. The van der Waals surface area contributed by atoms with E-state index in [0.717, 1.165) is 51.1 Å². The molecule has 5 heteroatoms. The van der Waals surface area contributed by atoms with Gasteiger partial charge in [0.05, 0.1) is 7.11 Å². The van der Waals surface area contributed by atoms with Crippen molar-refractivity contribution < 1.29 is 14.3 Å². The monoisotopic (exact) mass is 411 g/mol. The van der Waals surface area contributed by atoms with Gasteiger partial charge in [-0.1, -0.05) is 18.6 Å². The van der Waals surface area contributed by atoms with Crippen molar-refractivity contribution in [3.8, 4) is 5.75 Å². The molecule has 2 aromatic rings. The fraction of sp³-hybridized carbons (Fsp3) is 0.458. The Labute approximate surface area is 177 Å². The predicted octanol–water partition coefficient (Wildman–Crippen LogP) is 5.05. The zero-order chi connectivity index (χ0) is 20.2. The quantitative estimate of drug-likeness (QED) is 0.645. The summed E-state index contributed by atoms with van der Waals surface area (Å²) in [6, 6.07) is 8.74. The molecule has 0 N–H and O–H groups in total. The number of fused-ring (bicyclic) bond motifs is 2. The minimum absolute atomic E-state index is 0.142. The molecule has 0 unspecified atom stereocenters. The standard InChI is InChI=1S/C24H29NO3S/c1-3-25-12-9-18(10-13-25)23-20-15-17(5-4-6-22(26)27-2)7-8-21(20)28-16-19-11-14-29-24(19)23/h7-8,11,14-15H,3-6,9-10,12-13,16H2,1-2H3. The molecule has 0 spiro atoms. The Bertz CT molecular complexity index is 905. The summed E-state index contributed by atoms with van der Waals surface area (Å²) in [5.74, 6) is 0.836. The number of carbonyl (C=O) groups excluding carboxylic acids is 1. The normalized spacial score (nSPS) is 16.6. The van der Waals surface area contributed by atoms with Gasteiger partial charge in [-0.15, -0.1) is 11.3 Å². The summed E-state index contributed by atoms with van der Waals surface area (Å²) in [7, 11) is 1.45. The average molecular weight is 412 g/mol. The van der Waals surface area contributed by atoms with Gasteiger partial charge in [0.1, 0.15) is 12.4 Å². The topological polar surface area (TPSA) is 38.8 Å². The van der Waals surface area contributed by atoms with E-state index in [1.54, 1.807) is 5.57 Å². The molecule has 0 radical (unpaired) electrons. The van der Waals surface area contributed by atoms with Gasteiger partial charge >= 0.3 is 5.97 Å². The smallest absolute Gasteiger partial charge is 0.305 e. The summed E-state index contributed by atoms with van der Waals surface area (Å²) in [6.07, 6.45) is 4.36. The van der Waals surface area contributed by atoms with Gasteiger partial charge in [0.25, 0.3) is 0 Å². The second kappa shape index (κ2) is 9.14. The molecule has 2 aliphatic heterocycles. The summed E-state index contributed by atoms with van der Waals surface area (Å²) < 4.78 is 11.0. The molecule has 1 saturated heterocycles. The van der Waals surface area contributed by atoms with Crippen LogP contribution in [0.5, 0.6) is 5.75 Å². The van der Waals surface area contributed by atoms with Gasteiger partial charge in [-0.3, -0.25) is 4.79 Å². The number of piperidine rings is 1. The Morgan fingerprint density at radius 2 is 2.07 bits per heavy atom. The molecule has 29 heavy (non-hydrogen) atoms. The van der Waals surface area contributed by atoms with Crippen LogP contribution in [0.3, 0.4) is 0 Å². The number of esters is 1. The van der Waals surface area contributed by atoms with E-state index >= 15 is 0 Å². The van der Waals surface area contributed by atoms with Gasteiger partial charge in [-0.25, -0.2) is 0 Å². The molecule has 3 heterocycles. The number of nitrogens with zero attached hydrogens (tertiary/aromatic N) is 1. The fourth-order valence-electron chi connectivity index (χ4n) is 4.28. The lowest BCUT2D eigenvalue weighted by molar-refractivity contribution is -0.140. The lowest BCUT2D eigenvalue weighted by atomic mass is 9.89. The van der Waals surface area contributed by atoms with E-state index in [1.807, 2.05) is 11.3 Å². The maximum absolute atomic E-state index is 11.4. The first kappa shape index (κ1) is 20.2. The van der Waals surface area contributed by atoms with Gasteiger partial charge in [0, 0.05) is 41.1 Å². The second-order valence-electron chi connectivity index (χ2n) is 7.74. The van der Waals surface area contributed by atoms with Crippen LogP contribution in [0.4, 0.5) is 0 Å². The SMILES string of the molecule is CCN1CCC(=C2c3cc(CCCC(=O)OC)ccc3OCc3ccsc32)CC1. The predicted molar refractivity (Wildman–Crippen MR) is 117 cm³/mol. The number of thiophene rings is 1. The molecule has 0 amide bonds. The maximum atomic E-state index is 11.4. The highest BCUT2D eigenvalue weighted by Gasteiger charge is 2.25. The Balaban J connectivity index is 1.68. The van der Waals surface area contributed by atoms with E-state index in [-0.39, 0.29) is 5.97 Å². The highest BCUT2D eigenvalue weighted by molar-refractivity contribution is 7.11. The van der Waals surface area contributed by atoms with Crippen LogP contribution >= 0.6 is 11.3 Å². The number of ether oxygens (including phenoxy) is 2. The van der Waals surface area contributed by atoms with Crippen LogP contribution in [0, 0.1) is 0 Å². The van der Waals surface area contributed by atoms with Crippen molar-refractivity contribution in [2.24, 2.45) is 0 Å². The van der Waals surface area contributed by atoms with Crippen molar-refractivity contribution in [3.05, 3.63) is 56.8 Å². The lowest BCUT2D eigenvalue weighted by Gasteiger charge is -2.29. The van der Waals surface area contributed by atoms with Crippen molar-refractivity contribution in [2.45, 2.75) is 45.6 Å². The number of benzene rings is 1. The molecule has 1 aromatic heterocycles. The third kappa shape index (κ3) is 4.41. The molecular weight excluding hydrogens is 382 g/mol. The van der Waals surface area contributed by atoms with Crippen LogP contribution in [-0.2, 0) is 22.6 Å². The highest BCUT2D eigenvalue weighted by Crippen LogP contribution is 2.43. The first-order chi connectivity index (χ1) is 14.2. The minimum Gasteiger partial charge on any atom is -0.488 e. The fourth-order valence-corrected chi connectivity index (χ4v) is 5.30. The number of methoxy groups -OCH3 is 1. The van der Waals surface area contributed by atoms with Gasteiger partial charge in [0.15, 0.2) is 0 Å². The number of likely N-dealkylation sites (tertiary alicyclic amines) is 1.